The number of aryl methyl sites for hydroxylation is 3. The topological polar surface area (TPSA) is 59.4 Å². The number of hydrogen-bond acceptors (Lipinski definition) is 4. The van der Waals surface area contributed by atoms with Crippen LogP contribution in [0.5, 0.6) is 5.75 Å². The van der Waals surface area contributed by atoms with E-state index in [1.165, 1.54) is 23.5 Å². The van der Waals surface area contributed by atoms with Crippen molar-refractivity contribution >= 4 is 17.3 Å². The maximum absolute atomic E-state index is 12.8. The van der Waals surface area contributed by atoms with Crippen LogP contribution in [0.1, 0.15) is 53.4 Å². The monoisotopic (exact) mass is 503 g/mol. The van der Waals surface area contributed by atoms with Crippen molar-refractivity contribution in [3.05, 3.63) is 69.7 Å². The van der Waals surface area contributed by atoms with Crippen LogP contribution in [0.25, 0.3) is 10.6 Å². The van der Waals surface area contributed by atoms with Crippen LogP contribution >= 0.6 is 11.3 Å². The Morgan fingerprint density at radius 1 is 1.11 bits per heavy atom. The second kappa shape index (κ2) is 12.4. The number of nitrogens with zero attached hydrogens (tertiary/aromatic N) is 1. The number of terminal acetylenes is 1. The third-order valence-electron chi connectivity index (χ3n) is 5.19. The first-order chi connectivity index (χ1) is 16.5. The van der Waals surface area contributed by atoms with Crippen molar-refractivity contribution < 1.29 is 27.8 Å². The lowest BCUT2D eigenvalue weighted by Crippen LogP contribution is -2.10. The van der Waals surface area contributed by atoms with Crippen LogP contribution in [-0.2, 0) is 23.8 Å². The van der Waals surface area contributed by atoms with Crippen molar-refractivity contribution in [2.45, 2.75) is 52.1 Å². The number of carbonyl (C=O) groups is 1. The van der Waals surface area contributed by atoms with E-state index in [2.05, 4.69) is 26.7 Å². The Morgan fingerprint density at radius 2 is 1.77 bits per heavy atom. The number of rotatable bonds is 9. The Kier molecular flexibility index (Phi) is 9.90. The summed E-state index contributed by atoms with van der Waals surface area (Å²) in [5.41, 5.74) is 3.03. The third kappa shape index (κ3) is 7.86. The fourth-order valence-electron chi connectivity index (χ4n) is 3.54. The molecule has 3 aromatic rings. The highest BCUT2D eigenvalue weighted by Gasteiger charge is 2.30. The largest absolute Gasteiger partial charge is 0.482 e. The quantitative estimate of drug-likeness (QED) is 0.315. The first-order valence-electron chi connectivity index (χ1n) is 11.0. The number of aliphatic carboxylic acids is 1. The molecule has 1 aromatic heterocycles. The molecule has 0 saturated carbocycles. The smallest absolute Gasteiger partial charge is 0.416 e. The SMILES string of the molecule is C#C.Cc1cc(CCCc2sc(-c3ccc(C(F)(F)F)cc3)nc2C(C)C)ccc1OCC(=O)O. The summed E-state index contributed by atoms with van der Waals surface area (Å²) in [6, 6.07) is 10.9. The van der Waals surface area contributed by atoms with Crippen molar-refractivity contribution in [3.63, 3.8) is 0 Å². The van der Waals surface area contributed by atoms with Gasteiger partial charge in [-0.05, 0) is 61.4 Å². The average Bonchev–Trinajstić information content (AvgIpc) is 3.24. The number of aromatic nitrogens is 1. The van der Waals surface area contributed by atoms with Gasteiger partial charge in [-0.2, -0.15) is 13.2 Å². The highest BCUT2D eigenvalue weighted by molar-refractivity contribution is 7.15. The molecule has 8 heteroatoms. The van der Waals surface area contributed by atoms with Crippen LogP contribution in [0.3, 0.4) is 0 Å². The fraction of sp³-hybridized carbons (Fsp3) is 0.333. The van der Waals surface area contributed by atoms with Gasteiger partial charge in [0.2, 0.25) is 0 Å². The van der Waals surface area contributed by atoms with Crippen LogP contribution < -0.4 is 4.74 Å². The maximum Gasteiger partial charge on any atom is 0.416 e. The van der Waals surface area contributed by atoms with Gasteiger partial charge in [0.25, 0.3) is 0 Å². The molecule has 35 heavy (non-hydrogen) atoms. The summed E-state index contributed by atoms with van der Waals surface area (Å²) in [7, 11) is 0. The van der Waals surface area contributed by atoms with Gasteiger partial charge < -0.3 is 9.84 Å². The van der Waals surface area contributed by atoms with Crippen molar-refractivity contribution in [3.8, 4) is 29.2 Å². The molecule has 1 N–H and O–H groups in total. The zero-order valence-corrected chi connectivity index (χ0v) is 20.7. The molecule has 4 nitrogen and oxygen atoms in total. The van der Waals surface area contributed by atoms with Crippen molar-refractivity contribution in [2.75, 3.05) is 6.61 Å². The van der Waals surface area contributed by atoms with Crippen molar-refractivity contribution in [1.29, 1.82) is 0 Å². The minimum atomic E-state index is -4.35. The second-order valence-electron chi connectivity index (χ2n) is 8.19. The van der Waals surface area contributed by atoms with Gasteiger partial charge in [0.1, 0.15) is 10.8 Å². The van der Waals surface area contributed by atoms with Gasteiger partial charge in [-0.25, -0.2) is 9.78 Å². The summed E-state index contributed by atoms with van der Waals surface area (Å²) in [6.45, 7) is 5.64. The molecule has 0 aliphatic carbocycles. The molecule has 0 amide bonds. The zero-order valence-electron chi connectivity index (χ0n) is 19.9. The minimum Gasteiger partial charge on any atom is -0.482 e. The summed E-state index contributed by atoms with van der Waals surface area (Å²) >= 11 is 1.54. The Bertz CT molecular complexity index is 1150. The molecule has 0 fully saturated rings. The highest BCUT2D eigenvalue weighted by Crippen LogP contribution is 2.35. The highest BCUT2D eigenvalue weighted by atomic mass is 32.1. The molecule has 186 valence electrons. The van der Waals surface area contributed by atoms with E-state index in [1.54, 1.807) is 6.07 Å². The van der Waals surface area contributed by atoms with Crippen molar-refractivity contribution in [1.82, 2.24) is 4.98 Å². The summed E-state index contributed by atoms with van der Waals surface area (Å²) in [5, 5.41) is 9.48. The molecule has 0 atom stereocenters. The molecule has 0 saturated heterocycles. The van der Waals surface area contributed by atoms with Gasteiger partial charge in [0.05, 0.1) is 11.3 Å². The van der Waals surface area contributed by atoms with Crippen LogP contribution in [0.2, 0.25) is 0 Å². The molecule has 0 radical (unpaired) electrons. The summed E-state index contributed by atoms with van der Waals surface area (Å²) < 4.78 is 43.8. The van der Waals surface area contributed by atoms with Gasteiger partial charge in [-0.15, -0.1) is 24.2 Å². The average molecular weight is 504 g/mol. The van der Waals surface area contributed by atoms with Gasteiger partial charge in [0.15, 0.2) is 6.61 Å². The van der Waals surface area contributed by atoms with Crippen LogP contribution in [0, 0.1) is 19.8 Å². The first kappa shape index (κ1) is 27.9. The fourth-order valence-corrected chi connectivity index (χ4v) is 4.80. The number of ether oxygens (including phenoxy) is 1. The van der Waals surface area contributed by atoms with Crippen LogP contribution in [0.15, 0.2) is 42.5 Å². The number of thiazole rings is 1. The number of hydrogen-bond donors (Lipinski definition) is 1. The molecule has 0 spiro atoms. The number of halogens is 3. The predicted molar refractivity (Wildman–Crippen MR) is 133 cm³/mol. The van der Waals surface area contributed by atoms with Crippen LogP contribution in [-0.4, -0.2) is 22.7 Å². The molecule has 0 aliphatic rings. The van der Waals surface area contributed by atoms with E-state index in [1.807, 2.05) is 19.1 Å². The van der Waals surface area contributed by atoms with Crippen LogP contribution in [0.4, 0.5) is 13.2 Å². The molecule has 0 aliphatic heterocycles. The number of alkyl halides is 3. The standard InChI is InChI=1S/C25H26F3NO3S.C2H2/c1-15(2)23-21(33-24(29-23)18-8-10-19(11-9-18)25(26,27)28)6-4-5-17-7-12-20(16(3)13-17)32-14-22(30)31;1-2/h7-13,15H,4-6,14H2,1-3H3,(H,30,31);1-2H. The Balaban J connectivity index is 0.00000210. The lowest BCUT2D eigenvalue weighted by molar-refractivity contribution is -0.139. The Labute approximate surface area is 207 Å². The first-order valence-corrected chi connectivity index (χ1v) is 11.8. The number of carboxylic acids is 1. The summed E-state index contributed by atoms with van der Waals surface area (Å²) in [5.74, 6) is -0.237. The summed E-state index contributed by atoms with van der Waals surface area (Å²) in [6.07, 6.45) is 6.20. The normalized spacial score (nSPS) is 11.1. The van der Waals surface area contributed by atoms with Gasteiger partial charge in [-0.1, -0.05) is 38.1 Å². The molecule has 0 unspecified atom stereocenters. The lowest BCUT2D eigenvalue weighted by atomic mass is 10.0. The lowest BCUT2D eigenvalue weighted by Gasteiger charge is -2.09. The maximum atomic E-state index is 12.8. The third-order valence-corrected chi connectivity index (χ3v) is 6.37. The zero-order chi connectivity index (χ0) is 26.2. The molecular formula is C27H28F3NO3S. The van der Waals surface area contributed by atoms with Crippen molar-refractivity contribution in [2.24, 2.45) is 0 Å². The molecule has 3 rings (SSSR count). The number of carboxylic acid groups (broad SMARTS) is 1. The van der Waals surface area contributed by atoms with Gasteiger partial charge >= 0.3 is 12.1 Å². The molecule has 1 heterocycles. The van der Waals surface area contributed by atoms with E-state index in [0.29, 0.717) is 11.3 Å². The molecule has 2 aromatic carbocycles. The second-order valence-corrected chi connectivity index (χ2v) is 9.28. The predicted octanol–water partition coefficient (Wildman–Crippen LogP) is 7.15. The number of benzene rings is 2. The Hall–Kier alpha value is -3.31. The van der Waals surface area contributed by atoms with E-state index in [9.17, 15) is 18.0 Å². The van der Waals surface area contributed by atoms with E-state index in [-0.39, 0.29) is 12.5 Å². The molecule has 0 bridgehead atoms. The van der Waals surface area contributed by atoms with E-state index in [4.69, 9.17) is 14.8 Å². The van der Waals surface area contributed by atoms with E-state index >= 15 is 0 Å². The van der Waals surface area contributed by atoms with E-state index < -0.39 is 17.7 Å². The van der Waals surface area contributed by atoms with Gasteiger partial charge in [-0.3, -0.25) is 0 Å². The van der Waals surface area contributed by atoms with Gasteiger partial charge in [0, 0.05) is 10.4 Å². The summed E-state index contributed by atoms with van der Waals surface area (Å²) in [4.78, 5) is 16.6. The Morgan fingerprint density at radius 3 is 2.31 bits per heavy atom. The van der Waals surface area contributed by atoms with E-state index in [0.717, 1.165) is 58.1 Å². The molecular weight excluding hydrogens is 475 g/mol. The minimum absolute atomic E-state index is 0.215.